The molecule has 106 valence electrons. The molecule has 5 heteroatoms. The zero-order valence-corrected chi connectivity index (χ0v) is 11.7. The second-order valence-corrected chi connectivity index (χ2v) is 4.84. The predicted molar refractivity (Wildman–Crippen MR) is 76.6 cm³/mol. The number of carboxylic acid groups (broad SMARTS) is 1. The van der Waals surface area contributed by atoms with Crippen molar-refractivity contribution in [2.24, 2.45) is 0 Å². The number of pyridine rings is 1. The fraction of sp³-hybridized carbons (Fsp3) is 0.333. The molecule has 20 heavy (non-hydrogen) atoms. The Labute approximate surface area is 116 Å². The summed E-state index contributed by atoms with van der Waals surface area (Å²) in [6, 6.07) is 3.82. The van der Waals surface area contributed by atoms with E-state index in [9.17, 15) is 9.59 Å². The van der Waals surface area contributed by atoms with Gasteiger partial charge in [0.25, 0.3) is 5.56 Å². The molecule has 0 aliphatic heterocycles. The largest absolute Gasteiger partial charge is 0.495 e. The summed E-state index contributed by atoms with van der Waals surface area (Å²) in [6.07, 6.45) is 0.168. The van der Waals surface area contributed by atoms with Gasteiger partial charge in [-0.2, -0.15) is 0 Å². The van der Waals surface area contributed by atoms with Gasteiger partial charge in [-0.1, -0.05) is 0 Å². The van der Waals surface area contributed by atoms with Gasteiger partial charge >= 0.3 is 5.97 Å². The second kappa shape index (κ2) is 5.36. The molecule has 0 atom stereocenters. The van der Waals surface area contributed by atoms with Crippen molar-refractivity contribution in [3.63, 3.8) is 0 Å². The second-order valence-electron chi connectivity index (χ2n) is 4.84. The molecule has 0 radical (unpaired) electrons. The van der Waals surface area contributed by atoms with E-state index in [2.05, 4.69) is 4.98 Å². The Bertz CT molecular complexity index is 731. The van der Waals surface area contributed by atoms with Crippen LogP contribution in [-0.2, 0) is 11.2 Å². The molecule has 0 fully saturated rings. The van der Waals surface area contributed by atoms with Crippen molar-refractivity contribution in [2.75, 3.05) is 7.11 Å². The van der Waals surface area contributed by atoms with Gasteiger partial charge in [-0.15, -0.1) is 0 Å². The molecule has 0 aliphatic rings. The number of aliphatic carboxylic acids is 1. The highest BCUT2D eigenvalue weighted by atomic mass is 16.5. The number of methoxy groups -OCH3 is 1. The first-order valence-corrected chi connectivity index (χ1v) is 6.36. The minimum absolute atomic E-state index is 0.0572. The SMILES string of the molecule is COc1cc(C)cc2c(C)c(CCC(=O)O)c(=O)[nH]c12. The van der Waals surface area contributed by atoms with E-state index in [1.807, 2.05) is 26.0 Å². The molecule has 0 unspecified atom stereocenters. The zero-order chi connectivity index (χ0) is 14.9. The predicted octanol–water partition coefficient (Wildman–Crippen LogP) is 2.17. The van der Waals surface area contributed by atoms with Gasteiger partial charge in [-0.3, -0.25) is 9.59 Å². The average molecular weight is 275 g/mol. The molecule has 1 heterocycles. The van der Waals surface area contributed by atoms with Crippen LogP contribution in [0.1, 0.15) is 23.1 Å². The molecule has 0 amide bonds. The van der Waals surface area contributed by atoms with Crippen LogP contribution in [0.5, 0.6) is 5.75 Å². The number of hydrogen-bond acceptors (Lipinski definition) is 3. The summed E-state index contributed by atoms with van der Waals surface area (Å²) in [5.41, 5.74) is 2.76. The smallest absolute Gasteiger partial charge is 0.303 e. The topological polar surface area (TPSA) is 79.4 Å². The number of aryl methyl sites for hydroxylation is 2. The first-order chi connectivity index (χ1) is 9.43. The zero-order valence-electron chi connectivity index (χ0n) is 11.7. The monoisotopic (exact) mass is 275 g/mol. The van der Waals surface area contributed by atoms with Crippen molar-refractivity contribution in [1.82, 2.24) is 4.98 Å². The van der Waals surface area contributed by atoms with E-state index in [0.717, 1.165) is 16.5 Å². The van der Waals surface area contributed by atoms with E-state index in [-0.39, 0.29) is 18.4 Å². The Morgan fingerprint density at radius 3 is 2.65 bits per heavy atom. The summed E-state index contributed by atoms with van der Waals surface area (Å²) >= 11 is 0. The summed E-state index contributed by atoms with van der Waals surface area (Å²) in [7, 11) is 1.56. The highest BCUT2D eigenvalue weighted by Gasteiger charge is 2.13. The lowest BCUT2D eigenvalue weighted by atomic mass is 9.99. The molecule has 2 aromatic rings. The Morgan fingerprint density at radius 2 is 2.05 bits per heavy atom. The highest BCUT2D eigenvalue weighted by molar-refractivity contribution is 5.88. The third-order valence-electron chi connectivity index (χ3n) is 3.42. The van der Waals surface area contributed by atoms with E-state index in [1.165, 1.54) is 0 Å². The molecule has 5 nitrogen and oxygen atoms in total. The molecular weight excluding hydrogens is 258 g/mol. The molecule has 0 bridgehead atoms. The van der Waals surface area contributed by atoms with Crippen LogP contribution in [0.2, 0.25) is 0 Å². The summed E-state index contributed by atoms with van der Waals surface area (Å²) < 4.78 is 5.29. The van der Waals surface area contributed by atoms with E-state index in [4.69, 9.17) is 9.84 Å². The van der Waals surface area contributed by atoms with Crippen LogP contribution >= 0.6 is 0 Å². The third kappa shape index (κ3) is 2.52. The van der Waals surface area contributed by atoms with E-state index >= 15 is 0 Å². The summed E-state index contributed by atoms with van der Waals surface area (Å²) in [4.78, 5) is 25.6. The maximum absolute atomic E-state index is 12.1. The Kier molecular flexibility index (Phi) is 3.79. The Balaban J connectivity index is 2.68. The number of hydrogen-bond donors (Lipinski definition) is 2. The normalized spacial score (nSPS) is 10.8. The molecule has 0 spiro atoms. The van der Waals surface area contributed by atoms with Gasteiger partial charge in [0.2, 0.25) is 0 Å². The molecule has 0 saturated heterocycles. The number of rotatable bonds is 4. The molecule has 2 rings (SSSR count). The number of fused-ring (bicyclic) bond motifs is 1. The number of ether oxygens (including phenoxy) is 1. The van der Waals surface area contributed by atoms with Gasteiger partial charge in [-0.25, -0.2) is 0 Å². The van der Waals surface area contributed by atoms with Gasteiger partial charge in [-0.05, 0) is 43.5 Å². The third-order valence-corrected chi connectivity index (χ3v) is 3.42. The van der Waals surface area contributed by atoms with Crippen molar-refractivity contribution in [3.05, 3.63) is 39.2 Å². The van der Waals surface area contributed by atoms with Crippen molar-refractivity contribution in [3.8, 4) is 5.75 Å². The Morgan fingerprint density at radius 1 is 1.35 bits per heavy atom. The summed E-state index contributed by atoms with van der Waals surface area (Å²) in [5.74, 6) is -0.296. The molecule has 0 aliphatic carbocycles. The lowest BCUT2D eigenvalue weighted by Crippen LogP contribution is -2.16. The van der Waals surface area contributed by atoms with Gasteiger partial charge in [0.1, 0.15) is 5.75 Å². The van der Waals surface area contributed by atoms with Gasteiger partial charge < -0.3 is 14.8 Å². The van der Waals surface area contributed by atoms with Gasteiger partial charge in [0, 0.05) is 17.4 Å². The van der Waals surface area contributed by atoms with Crippen molar-refractivity contribution >= 4 is 16.9 Å². The number of carbonyl (C=O) groups is 1. The van der Waals surface area contributed by atoms with Crippen LogP contribution in [0, 0.1) is 13.8 Å². The molecular formula is C15H17NO4. The maximum Gasteiger partial charge on any atom is 0.303 e. The van der Waals surface area contributed by atoms with E-state index in [1.54, 1.807) is 7.11 Å². The summed E-state index contributed by atoms with van der Waals surface area (Å²) in [6.45, 7) is 3.79. The van der Waals surface area contributed by atoms with Crippen LogP contribution in [0.25, 0.3) is 10.9 Å². The van der Waals surface area contributed by atoms with Crippen molar-refractivity contribution in [2.45, 2.75) is 26.7 Å². The standard InChI is InChI=1S/C15H17NO4/c1-8-6-11-9(2)10(4-5-13(17)18)15(19)16-14(11)12(7-8)20-3/h6-7H,4-5H2,1-3H3,(H,16,19)(H,17,18). The fourth-order valence-electron chi connectivity index (χ4n) is 2.39. The van der Waals surface area contributed by atoms with Crippen LogP contribution in [0.4, 0.5) is 0 Å². The van der Waals surface area contributed by atoms with Crippen LogP contribution in [0.3, 0.4) is 0 Å². The maximum atomic E-state index is 12.1. The molecule has 2 N–H and O–H groups in total. The van der Waals surface area contributed by atoms with Crippen LogP contribution < -0.4 is 10.3 Å². The minimum Gasteiger partial charge on any atom is -0.495 e. The Hall–Kier alpha value is -2.30. The highest BCUT2D eigenvalue weighted by Crippen LogP contribution is 2.28. The first kappa shape index (κ1) is 14.1. The molecule has 1 aromatic heterocycles. The summed E-state index contributed by atoms with van der Waals surface area (Å²) in [5, 5.41) is 9.65. The molecule has 1 aromatic carbocycles. The minimum atomic E-state index is -0.911. The van der Waals surface area contributed by atoms with Gasteiger partial charge in [0.05, 0.1) is 12.6 Å². The number of H-pyrrole nitrogens is 1. The van der Waals surface area contributed by atoms with Crippen molar-refractivity contribution in [1.29, 1.82) is 0 Å². The van der Waals surface area contributed by atoms with E-state index < -0.39 is 5.97 Å². The lowest BCUT2D eigenvalue weighted by Gasteiger charge is -2.12. The fourth-order valence-corrected chi connectivity index (χ4v) is 2.39. The number of aromatic amines is 1. The lowest BCUT2D eigenvalue weighted by molar-refractivity contribution is -0.136. The quantitative estimate of drug-likeness (QED) is 0.896. The van der Waals surface area contributed by atoms with Gasteiger partial charge in [0.15, 0.2) is 0 Å². The first-order valence-electron chi connectivity index (χ1n) is 6.36. The van der Waals surface area contributed by atoms with E-state index in [0.29, 0.717) is 16.8 Å². The molecule has 0 saturated carbocycles. The van der Waals surface area contributed by atoms with Crippen LogP contribution in [-0.4, -0.2) is 23.2 Å². The average Bonchev–Trinajstić information content (AvgIpc) is 2.38. The van der Waals surface area contributed by atoms with Crippen LogP contribution in [0.15, 0.2) is 16.9 Å². The van der Waals surface area contributed by atoms with Crippen molar-refractivity contribution < 1.29 is 14.6 Å². The number of benzene rings is 1. The number of nitrogens with one attached hydrogen (secondary N) is 1. The number of aromatic nitrogens is 1. The number of carboxylic acids is 1.